The normalized spacial score (nSPS) is 16.5. The van der Waals surface area contributed by atoms with Gasteiger partial charge in [-0.05, 0) is 114 Å². The minimum absolute atomic E-state index is 0.0192. The summed E-state index contributed by atoms with van der Waals surface area (Å²) in [6.07, 6.45) is 2.28. The van der Waals surface area contributed by atoms with Crippen LogP contribution in [-0.4, -0.2) is 4.57 Å². The number of pyridine rings is 1. The lowest BCUT2D eigenvalue weighted by Gasteiger charge is -2.39. The van der Waals surface area contributed by atoms with Crippen molar-refractivity contribution in [3.63, 3.8) is 0 Å². The van der Waals surface area contributed by atoms with Gasteiger partial charge >= 0.3 is 11.7 Å². The predicted molar refractivity (Wildman–Crippen MR) is 287 cm³/mol. The van der Waals surface area contributed by atoms with Crippen LogP contribution >= 0.6 is 0 Å². The number of aromatic nitrogens is 3. The lowest BCUT2D eigenvalue weighted by Crippen LogP contribution is -2.78. The molecule has 3 aliphatic rings. The summed E-state index contributed by atoms with van der Waals surface area (Å²) >= 11 is 0. The van der Waals surface area contributed by atoms with E-state index in [1.54, 1.807) is 0 Å². The molecule has 0 fully saturated rings. The van der Waals surface area contributed by atoms with Crippen molar-refractivity contribution in [2.24, 2.45) is 5.41 Å². The van der Waals surface area contributed by atoms with Crippen molar-refractivity contribution in [2.75, 3.05) is 0 Å². The van der Waals surface area contributed by atoms with Gasteiger partial charge in [-0.2, -0.15) is 4.57 Å². The van der Waals surface area contributed by atoms with E-state index in [2.05, 4.69) is 244 Å². The van der Waals surface area contributed by atoms with E-state index in [4.69, 9.17) is 6.11 Å². The van der Waals surface area contributed by atoms with Crippen LogP contribution in [0.4, 0.5) is 0 Å². The van der Waals surface area contributed by atoms with Crippen LogP contribution in [0.25, 0.3) is 72.7 Å². The van der Waals surface area contributed by atoms with Crippen molar-refractivity contribution in [2.45, 2.75) is 144 Å². The van der Waals surface area contributed by atoms with Crippen LogP contribution in [0.2, 0.25) is 0 Å². The quantitative estimate of drug-likeness (QED) is 0.158. The highest BCUT2D eigenvalue weighted by molar-refractivity contribution is 5.98. The molecule has 11 rings (SSSR count). The maximum atomic E-state index is 8.73. The molecule has 1 unspecified atom stereocenters. The summed E-state index contributed by atoms with van der Waals surface area (Å²) < 4.78 is 24.6. The molecule has 0 N–H and O–H groups in total. The molecule has 0 radical (unpaired) electrons. The molecule has 350 valence electrons. The molecule has 0 aliphatic carbocycles. The van der Waals surface area contributed by atoms with Gasteiger partial charge in [0.05, 0.1) is 5.56 Å². The molecule has 8 aromatic rings. The molecule has 0 saturated heterocycles. The van der Waals surface area contributed by atoms with Crippen molar-refractivity contribution in [3.8, 4) is 67.5 Å². The molecule has 4 heteroatoms. The minimum atomic E-state index is -1.11. The van der Waals surface area contributed by atoms with Crippen molar-refractivity contribution in [1.29, 1.82) is 0 Å². The Morgan fingerprint density at radius 3 is 1.83 bits per heavy atom. The van der Waals surface area contributed by atoms with Crippen LogP contribution in [0.3, 0.4) is 0 Å². The predicted octanol–water partition coefficient (Wildman–Crippen LogP) is 16.1. The first-order chi connectivity index (χ1) is 32.6. The Bertz CT molecular complexity index is 3480. The Morgan fingerprint density at radius 1 is 0.551 bits per heavy atom. The molecule has 3 aliphatic heterocycles. The van der Waals surface area contributed by atoms with E-state index in [-0.39, 0.29) is 27.1 Å². The minimum Gasteiger partial charge on any atom is -0.392 e. The highest BCUT2D eigenvalue weighted by Crippen LogP contribution is 2.57. The fourth-order valence-electron chi connectivity index (χ4n) is 11.2. The van der Waals surface area contributed by atoms with E-state index < -0.39 is 11.7 Å². The lowest BCUT2D eigenvalue weighted by molar-refractivity contribution is -0.997. The average Bonchev–Trinajstić information content (AvgIpc) is 3.78. The summed E-state index contributed by atoms with van der Waals surface area (Å²) in [7, 11) is 0. The zero-order chi connectivity index (χ0) is 50.0. The molecule has 5 heterocycles. The molecule has 0 saturated carbocycles. The van der Waals surface area contributed by atoms with Gasteiger partial charge in [0.2, 0.25) is 5.69 Å². The smallest absolute Gasteiger partial charge is 0.392 e. The summed E-state index contributed by atoms with van der Waals surface area (Å²) in [6, 6.07) is 48.2. The van der Waals surface area contributed by atoms with Crippen molar-refractivity contribution in [1.82, 2.24) is 4.57 Å². The number of ether oxygens (including phenoxy) is 1. The van der Waals surface area contributed by atoms with Crippen LogP contribution in [-0.2, 0) is 27.5 Å². The highest BCUT2D eigenvalue weighted by Gasteiger charge is 2.69. The Hall–Kier alpha value is -6.26. The monoisotopic (exact) mass is 911 g/mol. The number of hydrogen-bond donors (Lipinski definition) is 0. The van der Waals surface area contributed by atoms with Gasteiger partial charge in [-0.3, -0.25) is 0 Å². The maximum Gasteiger partial charge on any atom is 0.499 e. The van der Waals surface area contributed by atoms with Crippen molar-refractivity contribution in [3.05, 3.63) is 167 Å². The van der Waals surface area contributed by atoms with Gasteiger partial charge in [0.15, 0.2) is 23.0 Å². The molecule has 6 aromatic carbocycles. The van der Waals surface area contributed by atoms with Gasteiger partial charge in [0.25, 0.3) is 0 Å². The molecule has 0 bridgehead atoms. The number of imidazole rings is 1. The Labute approximate surface area is 413 Å². The zero-order valence-electron chi connectivity index (χ0n) is 45.0. The first-order valence-corrected chi connectivity index (χ1v) is 25.2. The third kappa shape index (κ3) is 6.53. The standard InChI is InChI=1S/C65H71N3O/c1-39(2)40-25-27-41(28-26-40)43-31-32-66-55(33-43)50-36-45(60(3,4)5)35-49-47-23-20-24-54-57(47)68-59(51-37-46(61(6,7)8)38-52(62(9,10)11)58(51)69-65(66,68)56(49)50)67(54)53-30-29-44(64(15,16)63(12,13)14)34-48(53)42-21-18-17-19-22-42/h17-39H,1-16H3/q+2/i39D. The average molecular weight is 911 g/mol. The fourth-order valence-corrected chi connectivity index (χ4v) is 11.2. The summed E-state index contributed by atoms with van der Waals surface area (Å²) in [6.45, 7) is 36.7. The van der Waals surface area contributed by atoms with E-state index in [0.29, 0.717) is 0 Å². The molecule has 2 aromatic heterocycles. The van der Waals surface area contributed by atoms with Gasteiger partial charge in [-0.25, -0.2) is 0 Å². The van der Waals surface area contributed by atoms with E-state index in [0.717, 1.165) is 56.2 Å². The van der Waals surface area contributed by atoms with Gasteiger partial charge in [-0.1, -0.05) is 184 Å². The second-order valence-electron chi connectivity index (χ2n) is 25.2. The molecular formula is C65H71N3O+2. The maximum absolute atomic E-state index is 8.73. The van der Waals surface area contributed by atoms with Gasteiger partial charge in [0, 0.05) is 35.8 Å². The second-order valence-corrected chi connectivity index (χ2v) is 25.2. The molecule has 1 spiro atoms. The summed E-state index contributed by atoms with van der Waals surface area (Å²) in [4.78, 5) is 0. The molecule has 4 nitrogen and oxygen atoms in total. The molecule has 69 heavy (non-hydrogen) atoms. The van der Waals surface area contributed by atoms with Crippen LogP contribution < -0.4 is 13.9 Å². The molecule has 0 amide bonds. The summed E-state index contributed by atoms with van der Waals surface area (Å²) in [5.74, 6) is 0.238. The third-order valence-electron chi connectivity index (χ3n) is 16.3. The molecule has 1 atom stereocenters. The van der Waals surface area contributed by atoms with Crippen molar-refractivity contribution >= 4 is 11.0 Å². The number of rotatable bonds is 5. The number of benzene rings is 6. The Kier molecular flexibility index (Phi) is 9.33. The first-order valence-electron chi connectivity index (χ1n) is 25.7. The highest BCUT2D eigenvalue weighted by atomic mass is 16.5. The zero-order valence-corrected chi connectivity index (χ0v) is 44.0. The van der Waals surface area contributed by atoms with Crippen LogP contribution in [0.1, 0.15) is 151 Å². The number of fused-ring (bicyclic) bond motifs is 5. The van der Waals surface area contributed by atoms with Crippen molar-refractivity contribution < 1.29 is 15.2 Å². The van der Waals surface area contributed by atoms with E-state index in [1.807, 2.05) is 13.8 Å². The third-order valence-corrected chi connectivity index (χ3v) is 16.3. The summed E-state index contributed by atoms with van der Waals surface area (Å²) in [5, 5.41) is 0. The number of hydrogen-bond acceptors (Lipinski definition) is 1. The topological polar surface area (TPSA) is 21.9 Å². The largest absolute Gasteiger partial charge is 0.499 e. The SMILES string of the molecule is [2H]C(C)(C)c1ccc(-c2cc[n+]3c(c2)-c2cc(C(C)(C)C)cc4c2C32Oc3c(cc(C(C)(C)C)cc3C(C)(C)C)-c3n(-c5ccc(C(C)(C)C(C)(C)C)cc5-c5ccccc5)c5cccc-4c5[n+]32)cc1. The first kappa shape index (κ1) is 44.0. The van der Waals surface area contributed by atoms with Crippen LogP contribution in [0.5, 0.6) is 5.75 Å². The lowest BCUT2D eigenvalue weighted by atomic mass is 9.65. The second kappa shape index (κ2) is 14.6. The summed E-state index contributed by atoms with van der Waals surface area (Å²) in [5.41, 5.74) is 20.5. The van der Waals surface area contributed by atoms with E-state index in [1.165, 1.54) is 55.6 Å². The number of nitrogens with zero attached hydrogens (tertiary/aromatic N) is 3. The Balaban J connectivity index is 1.33. The Morgan fingerprint density at radius 2 is 1.19 bits per heavy atom. The van der Waals surface area contributed by atoms with Gasteiger partial charge < -0.3 is 4.74 Å². The van der Waals surface area contributed by atoms with E-state index >= 15 is 0 Å². The van der Waals surface area contributed by atoms with Crippen LogP contribution in [0.15, 0.2) is 134 Å². The number of para-hydroxylation sites is 1. The van der Waals surface area contributed by atoms with Gasteiger partial charge in [-0.15, -0.1) is 9.13 Å². The van der Waals surface area contributed by atoms with E-state index in [9.17, 15) is 0 Å². The molecular weight excluding hydrogens is 839 g/mol. The van der Waals surface area contributed by atoms with Crippen LogP contribution in [0, 0.1) is 5.41 Å². The fraction of sp³-hybridized carbons (Fsp3) is 0.354. The van der Waals surface area contributed by atoms with Gasteiger partial charge in [0.1, 0.15) is 16.8 Å².